The fraction of sp³-hybridized carbons (Fsp3) is 0.659. The molecular formula is C41H58N2O64S16. The molecule has 4 heterocycles. The molecule has 4 saturated heterocycles. The number of carbonyl (C=O) groups excluding carboxylic acids is 2. The van der Waals surface area contributed by atoms with Crippen LogP contribution >= 0.6 is 23.5 Å². The summed E-state index contributed by atoms with van der Waals surface area (Å²) in [5.41, 5.74) is -5.21. The molecule has 4 aliphatic heterocycles. The van der Waals surface area contributed by atoms with Gasteiger partial charge in [-0.3, -0.25) is 73.3 Å². The third-order valence-corrected chi connectivity index (χ3v) is 23.1. The lowest BCUT2D eigenvalue weighted by Crippen LogP contribution is -2.66. The van der Waals surface area contributed by atoms with Gasteiger partial charge in [-0.25, -0.2) is 58.6 Å². The summed E-state index contributed by atoms with van der Waals surface area (Å²) < 4.78 is 568. The van der Waals surface area contributed by atoms with Crippen molar-refractivity contribution >= 4 is 192 Å². The normalized spacial score (nSPS) is 28.6. The number of nitrogens with one attached hydrogen (secondary N) is 2. The van der Waals surface area contributed by atoms with E-state index in [0.717, 1.165) is 48.5 Å². The number of benzene rings is 2. The van der Waals surface area contributed by atoms with E-state index in [9.17, 15) is 191 Å². The van der Waals surface area contributed by atoms with Gasteiger partial charge in [-0.15, -0.1) is 0 Å². The maximum atomic E-state index is 13.2. The molecular weight excluding hydrogens is 2060 g/mol. The van der Waals surface area contributed by atoms with Crippen molar-refractivity contribution in [1.29, 1.82) is 0 Å². The summed E-state index contributed by atoms with van der Waals surface area (Å²) in [7, 11) is -85.4. The van der Waals surface area contributed by atoms with Crippen LogP contribution in [0.1, 0.15) is 19.3 Å². The third-order valence-electron chi connectivity index (χ3n) is 14.4. The predicted molar refractivity (Wildman–Crippen MR) is 374 cm³/mol. The van der Waals surface area contributed by atoms with E-state index in [4.69, 9.17) is 28.4 Å². The minimum Gasteiger partial charge on any atom is -0.356 e. The molecule has 0 unspecified atom stereocenters. The summed E-state index contributed by atoms with van der Waals surface area (Å²) in [6.45, 7) is -7.63. The molecule has 2 aromatic carbocycles. The molecule has 0 saturated carbocycles. The number of amides is 2. The molecule has 6 rings (SSSR count). The Morgan fingerprint density at radius 2 is 0.472 bits per heavy atom. The van der Waals surface area contributed by atoms with Gasteiger partial charge in [0.2, 0.25) is 11.8 Å². The summed E-state index contributed by atoms with van der Waals surface area (Å²) in [6.07, 6.45) is -58.1. The lowest BCUT2D eigenvalue weighted by molar-refractivity contribution is -0.325. The van der Waals surface area contributed by atoms with Crippen molar-refractivity contribution in [2.45, 2.75) is 150 Å². The van der Waals surface area contributed by atoms with Gasteiger partial charge in [0.05, 0.1) is 26.4 Å². The zero-order chi connectivity index (χ0) is 93.6. The first-order valence-corrected chi connectivity index (χ1v) is 51.4. The van der Waals surface area contributed by atoms with Crippen molar-refractivity contribution in [3.63, 3.8) is 0 Å². The van der Waals surface area contributed by atoms with E-state index < -0.39 is 318 Å². The third kappa shape index (κ3) is 39.7. The Balaban J connectivity index is 1.23. The Bertz CT molecular complexity index is 5430. The minimum atomic E-state index is -6.29. The van der Waals surface area contributed by atoms with Gasteiger partial charge in [0.25, 0.3) is 0 Å². The largest absolute Gasteiger partial charge is 0.397 e. The van der Waals surface area contributed by atoms with E-state index in [1.807, 2.05) is 0 Å². The number of rotatable bonds is 46. The number of hydrogen-bond donors (Lipinski definition) is 16. The van der Waals surface area contributed by atoms with Gasteiger partial charge in [-0.05, 0) is 55.0 Å². The van der Waals surface area contributed by atoms with Crippen LogP contribution in [0, 0.1) is 0 Å². The highest BCUT2D eigenvalue weighted by Crippen LogP contribution is 2.44. The molecule has 82 heteroatoms. The first-order chi connectivity index (χ1) is 55.4. The maximum absolute atomic E-state index is 13.2. The molecule has 2 amide bonds. The van der Waals surface area contributed by atoms with E-state index in [1.54, 1.807) is 0 Å². The molecule has 4 aliphatic rings. The number of anilines is 2. The average Bonchev–Trinajstić information content (AvgIpc) is 0.548. The number of ether oxygens (including phenoxy) is 6. The first kappa shape index (κ1) is 108. The van der Waals surface area contributed by atoms with Crippen LogP contribution in [0.2, 0.25) is 0 Å². The van der Waals surface area contributed by atoms with Crippen molar-refractivity contribution < 1.29 is 278 Å². The molecule has 0 aromatic heterocycles. The van der Waals surface area contributed by atoms with Crippen LogP contribution in [-0.4, -0.2) is 341 Å². The van der Waals surface area contributed by atoms with Crippen molar-refractivity contribution in [2.75, 3.05) is 37.1 Å². The standard InChI is InChI=1S/C41H58N2O64S16/c44-24(42-16-4-8-18(9-5-16)108-40-36(106-122(82,83)84)30(100-116(64,65)66)26(20(94-40)12-88-110(46,47)48)96-38-34(104-120(76,77)78)32(102-118(70,71)72)28(98-114(58,59)60)22(92-38)14-90-112(52,53)54)2-1-3-25(45)43-17-6-10-19(11-7-17)109-41-37(107-123(85,86)87)31(101-117(67,68)69)27(21(95-41)13-89-111(49,50)51)97-39-35(105-121(79,80)81)33(103-119(73,74)75)29(99-115(61,62)63)23(93-39)15-91-113(55,56)57/h4-11,20-23,26-41H,1-3,12-15H2,(H,42,44)(H,43,45)(H,46,47,48)(H,49,50,51)(H,52,53,54)(H,55,56,57)(H,58,59,60)(H,61,62,63)(H,64,65,66)(H,67,68,69)(H,70,71,72)(H,73,74,75)(H,76,77,78)(H,79,80,81)(H,82,83,84)(H,85,86,87)/t20-,21-,22-,23-,26-,27-,28-,29-,30+,31+,32+,33+,34-,35-,36-,37-,38-,39-,40+,41+/m1/s1. The van der Waals surface area contributed by atoms with E-state index in [1.165, 1.54) is 0 Å². The molecule has 2 aromatic rings. The molecule has 0 radical (unpaired) electrons. The van der Waals surface area contributed by atoms with Crippen LogP contribution in [0.5, 0.6) is 0 Å². The van der Waals surface area contributed by atoms with E-state index in [-0.39, 0.29) is 51.1 Å². The van der Waals surface area contributed by atoms with Crippen LogP contribution in [0.4, 0.5) is 11.4 Å². The van der Waals surface area contributed by atoms with Crippen LogP contribution in [0.3, 0.4) is 0 Å². The lowest BCUT2D eigenvalue weighted by Gasteiger charge is -2.48. The van der Waals surface area contributed by atoms with Gasteiger partial charge in [-0.1, -0.05) is 23.5 Å². The molecule has 0 spiro atoms. The smallest absolute Gasteiger partial charge is 0.356 e. The van der Waals surface area contributed by atoms with Gasteiger partial charge in [0.1, 0.15) is 96.3 Å². The summed E-state index contributed by atoms with van der Waals surface area (Å²) in [5, 5.41) is 4.71. The van der Waals surface area contributed by atoms with Gasteiger partial charge in [-0.2, -0.15) is 118 Å². The monoisotopic (exact) mass is 2110 g/mol. The van der Waals surface area contributed by atoms with Crippen LogP contribution in [0.15, 0.2) is 58.3 Å². The highest BCUT2D eigenvalue weighted by molar-refractivity contribution is 8.00. The van der Waals surface area contributed by atoms with Crippen molar-refractivity contribution in [3.8, 4) is 0 Å². The fourth-order valence-corrected chi connectivity index (χ4v) is 19.1. The van der Waals surface area contributed by atoms with Gasteiger partial charge in [0.15, 0.2) is 24.8 Å². The number of thioether (sulfide) groups is 2. The second-order valence-corrected chi connectivity index (χ2v) is 40.5. The molecule has 712 valence electrons. The Labute approximate surface area is 701 Å². The van der Waals surface area contributed by atoms with Crippen molar-refractivity contribution in [2.24, 2.45) is 0 Å². The lowest BCUT2D eigenvalue weighted by atomic mass is 9.97. The molecule has 123 heavy (non-hydrogen) atoms. The quantitative estimate of drug-likeness (QED) is 0.0274. The zero-order valence-electron chi connectivity index (χ0n) is 58.3. The molecule has 20 atom stereocenters. The predicted octanol–water partition coefficient (Wildman–Crippen LogP) is -7.55. The second kappa shape index (κ2) is 41.6. The highest BCUT2D eigenvalue weighted by atomic mass is 32.3. The summed E-state index contributed by atoms with van der Waals surface area (Å²) >= 11 is 0.207. The number of hydrogen-bond acceptors (Lipinski definition) is 52. The highest BCUT2D eigenvalue weighted by Gasteiger charge is 2.62. The molecule has 16 N–H and O–H groups in total. The van der Waals surface area contributed by atoms with Gasteiger partial charge >= 0.3 is 146 Å². The van der Waals surface area contributed by atoms with Crippen LogP contribution < -0.4 is 10.6 Å². The topological polar surface area (TPSA) is 1000 Å². The fourth-order valence-electron chi connectivity index (χ4n) is 10.6. The maximum Gasteiger partial charge on any atom is 0.397 e. The first-order valence-electron chi connectivity index (χ1n) is 30.5. The molecule has 0 bridgehead atoms. The second-order valence-electron chi connectivity index (χ2n) is 23.3. The van der Waals surface area contributed by atoms with Crippen molar-refractivity contribution in [1.82, 2.24) is 0 Å². The Hall–Kier alpha value is -3.98. The van der Waals surface area contributed by atoms with Crippen molar-refractivity contribution in [3.05, 3.63) is 48.5 Å². The SMILES string of the molecule is O=C(CCCC(=O)Nc1ccc(S[C@@H]2O[C@H](COS(=O)(=O)O)[C@@H](O[C@H]3O[C@H](COS(=O)(=O)O)[C@@H](OS(=O)(=O)O)[C@H](OS(=O)(=O)O)[C@H]3OS(=O)(=O)O)[C@H](OS(=O)(=O)O)[C@H]2OS(=O)(=O)O)cc1)Nc1ccc(S[C@@H]2O[C@H](COS(=O)(=O)O)[C@@H](O[C@H]3O[C@H](COS(=O)(=O)O)[C@@H](OS(=O)(=O)O)[C@H](OS(=O)(=O)O)[C@H]3OS(=O)(=O)O)[C@H](OS(=O)(=O)O)[C@H]2OS(=O)(=O)O)cc1. The minimum absolute atomic E-state index is 0.104. The number of carbonyl (C=O) groups is 2. The molecule has 66 nitrogen and oxygen atoms in total. The summed E-state index contributed by atoms with van der Waals surface area (Å²) in [6, 6.07) is 8.03. The zero-order valence-corrected chi connectivity index (χ0v) is 71.4. The van der Waals surface area contributed by atoms with Crippen LogP contribution in [-0.2, 0) is 242 Å². The Morgan fingerprint density at radius 1 is 0.268 bits per heavy atom. The van der Waals surface area contributed by atoms with E-state index in [2.05, 4.69) is 69.2 Å². The van der Waals surface area contributed by atoms with E-state index >= 15 is 0 Å². The van der Waals surface area contributed by atoms with Gasteiger partial charge < -0.3 is 39.1 Å². The summed E-state index contributed by atoms with van der Waals surface area (Å²) in [5.74, 6) is -1.79. The Kier molecular flexibility index (Phi) is 36.5. The Morgan fingerprint density at radius 3 is 0.699 bits per heavy atom. The van der Waals surface area contributed by atoms with Crippen LogP contribution in [0.25, 0.3) is 0 Å². The van der Waals surface area contributed by atoms with E-state index in [0.29, 0.717) is 0 Å². The van der Waals surface area contributed by atoms with Gasteiger partial charge in [0, 0.05) is 34.0 Å². The average molecular weight is 2120 g/mol. The molecule has 0 aliphatic carbocycles. The summed E-state index contributed by atoms with van der Waals surface area (Å²) in [4.78, 5) is 25.7. The molecule has 4 fully saturated rings.